The van der Waals surface area contributed by atoms with Crippen LogP contribution >= 0.6 is 0 Å². The normalized spacial score (nSPS) is 21.7. The Morgan fingerprint density at radius 2 is 1.85 bits per heavy atom. The maximum absolute atomic E-state index is 8.77. The highest BCUT2D eigenvalue weighted by molar-refractivity contribution is 4.67. The van der Waals surface area contributed by atoms with Crippen LogP contribution in [0.2, 0.25) is 0 Å². The molecule has 0 saturated heterocycles. The number of rotatable bonds is 5. The molecular formula is C12H24O. The molecule has 0 aromatic carbocycles. The van der Waals surface area contributed by atoms with Crippen LogP contribution in [0.5, 0.6) is 0 Å². The van der Waals surface area contributed by atoms with Crippen LogP contribution in [-0.2, 0) is 0 Å². The van der Waals surface area contributed by atoms with Crippen LogP contribution in [0.4, 0.5) is 0 Å². The molecule has 78 valence electrons. The average Bonchev–Trinajstić information content (AvgIpc) is 2.17. The quantitative estimate of drug-likeness (QED) is 0.694. The zero-order valence-corrected chi connectivity index (χ0v) is 8.97. The molecule has 1 nitrogen and oxygen atoms in total. The molecular weight excluding hydrogens is 160 g/mol. The average molecular weight is 184 g/mol. The van der Waals surface area contributed by atoms with Crippen molar-refractivity contribution >= 4 is 0 Å². The SMILES string of the molecule is C[C@@H](CCO)CCC1CCCCC1. The zero-order valence-electron chi connectivity index (χ0n) is 8.97. The van der Waals surface area contributed by atoms with Gasteiger partial charge in [-0.2, -0.15) is 0 Å². The first kappa shape index (κ1) is 11.0. The molecule has 0 aromatic heterocycles. The van der Waals surface area contributed by atoms with E-state index in [1.807, 2.05) is 0 Å². The van der Waals surface area contributed by atoms with E-state index in [1.165, 1.54) is 44.9 Å². The molecule has 1 aliphatic rings. The molecule has 1 aliphatic carbocycles. The second kappa shape index (κ2) is 6.42. The first-order chi connectivity index (χ1) is 6.33. The third kappa shape index (κ3) is 4.66. The zero-order chi connectivity index (χ0) is 9.52. The number of hydrogen-bond donors (Lipinski definition) is 1. The lowest BCUT2D eigenvalue weighted by Gasteiger charge is -2.22. The second-order valence-corrected chi connectivity index (χ2v) is 4.70. The predicted molar refractivity (Wildman–Crippen MR) is 56.7 cm³/mol. The molecule has 0 aliphatic heterocycles. The van der Waals surface area contributed by atoms with Gasteiger partial charge in [-0.15, -0.1) is 0 Å². The molecule has 0 unspecified atom stereocenters. The Labute approximate surface area is 82.5 Å². The molecule has 0 amide bonds. The van der Waals surface area contributed by atoms with Gasteiger partial charge in [0.1, 0.15) is 0 Å². The van der Waals surface area contributed by atoms with Gasteiger partial charge in [-0.25, -0.2) is 0 Å². The van der Waals surface area contributed by atoms with Gasteiger partial charge in [0.15, 0.2) is 0 Å². The molecule has 0 spiro atoms. The van der Waals surface area contributed by atoms with Gasteiger partial charge < -0.3 is 5.11 Å². The van der Waals surface area contributed by atoms with E-state index in [0.29, 0.717) is 6.61 Å². The van der Waals surface area contributed by atoms with Crippen LogP contribution in [0.3, 0.4) is 0 Å². The van der Waals surface area contributed by atoms with Gasteiger partial charge in [0, 0.05) is 6.61 Å². The van der Waals surface area contributed by atoms with E-state index in [-0.39, 0.29) is 0 Å². The van der Waals surface area contributed by atoms with Gasteiger partial charge >= 0.3 is 0 Å². The highest BCUT2D eigenvalue weighted by Crippen LogP contribution is 2.28. The Morgan fingerprint density at radius 3 is 2.46 bits per heavy atom. The first-order valence-corrected chi connectivity index (χ1v) is 5.93. The van der Waals surface area contributed by atoms with Crippen LogP contribution in [0.1, 0.15) is 58.3 Å². The summed E-state index contributed by atoms with van der Waals surface area (Å²) in [6.07, 6.45) is 11.0. The summed E-state index contributed by atoms with van der Waals surface area (Å²) in [5, 5.41) is 8.77. The summed E-state index contributed by atoms with van der Waals surface area (Å²) in [7, 11) is 0. The van der Waals surface area contributed by atoms with Crippen molar-refractivity contribution in [3.05, 3.63) is 0 Å². The third-order valence-corrected chi connectivity index (χ3v) is 3.41. The molecule has 1 N–H and O–H groups in total. The minimum Gasteiger partial charge on any atom is -0.396 e. The van der Waals surface area contributed by atoms with Gasteiger partial charge in [0.2, 0.25) is 0 Å². The summed E-state index contributed by atoms with van der Waals surface area (Å²) in [4.78, 5) is 0. The summed E-state index contributed by atoms with van der Waals surface area (Å²) in [6.45, 7) is 2.63. The smallest absolute Gasteiger partial charge is 0.0433 e. The molecule has 13 heavy (non-hydrogen) atoms. The predicted octanol–water partition coefficient (Wildman–Crippen LogP) is 3.37. The number of hydrogen-bond acceptors (Lipinski definition) is 1. The van der Waals surface area contributed by atoms with Crippen molar-refractivity contribution < 1.29 is 5.11 Å². The Hall–Kier alpha value is -0.0400. The van der Waals surface area contributed by atoms with E-state index in [0.717, 1.165) is 18.3 Å². The van der Waals surface area contributed by atoms with Gasteiger partial charge in [-0.05, 0) is 18.3 Å². The van der Waals surface area contributed by atoms with E-state index >= 15 is 0 Å². The standard InChI is InChI=1S/C12H24O/c1-11(9-10-13)7-8-12-5-3-2-4-6-12/h11-13H,2-10H2,1H3/t11-/m1/s1. The van der Waals surface area contributed by atoms with Crippen LogP contribution in [0.15, 0.2) is 0 Å². The highest BCUT2D eigenvalue weighted by Gasteiger charge is 2.14. The summed E-state index contributed by atoms with van der Waals surface area (Å²) < 4.78 is 0. The highest BCUT2D eigenvalue weighted by atomic mass is 16.3. The lowest BCUT2D eigenvalue weighted by atomic mass is 9.84. The lowest BCUT2D eigenvalue weighted by Crippen LogP contribution is -2.08. The summed E-state index contributed by atoms with van der Waals surface area (Å²) in [5.74, 6) is 1.74. The van der Waals surface area contributed by atoms with Crippen molar-refractivity contribution in [2.24, 2.45) is 11.8 Å². The van der Waals surface area contributed by atoms with E-state index in [9.17, 15) is 0 Å². The fourth-order valence-corrected chi connectivity index (χ4v) is 2.36. The molecule has 1 fully saturated rings. The molecule has 1 rings (SSSR count). The van der Waals surface area contributed by atoms with E-state index in [4.69, 9.17) is 5.11 Å². The van der Waals surface area contributed by atoms with Gasteiger partial charge in [0.25, 0.3) is 0 Å². The van der Waals surface area contributed by atoms with Gasteiger partial charge in [0.05, 0.1) is 0 Å². The number of aliphatic hydroxyl groups excluding tert-OH is 1. The van der Waals surface area contributed by atoms with Crippen molar-refractivity contribution in [1.82, 2.24) is 0 Å². The van der Waals surface area contributed by atoms with Crippen molar-refractivity contribution in [3.63, 3.8) is 0 Å². The molecule has 1 heteroatoms. The van der Waals surface area contributed by atoms with Gasteiger partial charge in [-0.3, -0.25) is 0 Å². The maximum atomic E-state index is 8.77. The molecule has 1 atom stereocenters. The third-order valence-electron chi connectivity index (χ3n) is 3.41. The topological polar surface area (TPSA) is 20.2 Å². The number of aliphatic hydroxyl groups is 1. The Bertz CT molecular complexity index is 116. The van der Waals surface area contributed by atoms with Crippen molar-refractivity contribution in [2.45, 2.75) is 58.3 Å². The van der Waals surface area contributed by atoms with Crippen molar-refractivity contribution in [1.29, 1.82) is 0 Å². The van der Waals surface area contributed by atoms with Gasteiger partial charge in [-0.1, -0.05) is 51.9 Å². The fourth-order valence-electron chi connectivity index (χ4n) is 2.36. The minimum atomic E-state index is 0.367. The van der Waals surface area contributed by atoms with Crippen LogP contribution < -0.4 is 0 Å². The second-order valence-electron chi connectivity index (χ2n) is 4.70. The van der Waals surface area contributed by atoms with E-state index in [1.54, 1.807) is 0 Å². The molecule has 1 saturated carbocycles. The largest absolute Gasteiger partial charge is 0.396 e. The minimum absolute atomic E-state index is 0.367. The first-order valence-electron chi connectivity index (χ1n) is 5.93. The van der Waals surface area contributed by atoms with Crippen LogP contribution in [-0.4, -0.2) is 11.7 Å². The Morgan fingerprint density at radius 1 is 1.15 bits per heavy atom. The van der Waals surface area contributed by atoms with Crippen LogP contribution in [0, 0.1) is 11.8 Å². The lowest BCUT2D eigenvalue weighted by molar-refractivity contribution is 0.245. The van der Waals surface area contributed by atoms with Crippen molar-refractivity contribution in [3.8, 4) is 0 Å². The molecule has 0 heterocycles. The summed E-state index contributed by atoms with van der Waals surface area (Å²) in [5.41, 5.74) is 0. The monoisotopic (exact) mass is 184 g/mol. The molecule has 0 bridgehead atoms. The maximum Gasteiger partial charge on any atom is 0.0433 e. The Balaban J connectivity index is 2.03. The van der Waals surface area contributed by atoms with Crippen LogP contribution in [0.25, 0.3) is 0 Å². The van der Waals surface area contributed by atoms with Crippen molar-refractivity contribution in [2.75, 3.05) is 6.61 Å². The summed E-state index contributed by atoms with van der Waals surface area (Å²) >= 11 is 0. The molecule has 0 radical (unpaired) electrons. The Kier molecular flexibility index (Phi) is 5.45. The fraction of sp³-hybridized carbons (Fsp3) is 1.00. The summed E-state index contributed by atoms with van der Waals surface area (Å²) in [6, 6.07) is 0. The van der Waals surface area contributed by atoms with E-state index in [2.05, 4.69) is 6.92 Å². The molecule has 0 aromatic rings. The van der Waals surface area contributed by atoms with E-state index < -0.39 is 0 Å².